The van der Waals surface area contributed by atoms with Gasteiger partial charge in [0, 0.05) is 18.8 Å². The Morgan fingerprint density at radius 1 is 1.40 bits per heavy atom. The van der Waals surface area contributed by atoms with Crippen LogP contribution in [-0.2, 0) is 26.0 Å². The summed E-state index contributed by atoms with van der Waals surface area (Å²) in [7, 11) is -3.70. The summed E-state index contributed by atoms with van der Waals surface area (Å²) < 4.78 is 27.9. The number of anilines is 1. The number of nitrogens with two attached hydrogens (primary N) is 1. The topological polar surface area (TPSA) is 89.7 Å². The number of amides is 1. The van der Waals surface area contributed by atoms with E-state index in [1.165, 1.54) is 6.07 Å². The van der Waals surface area contributed by atoms with E-state index in [9.17, 15) is 13.2 Å². The average Bonchev–Trinajstić information content (AvgIpc) is 3.06. The van der Waals surface area contributed by atoms with Crippen LogP contribution in [0, 0.1) is 5.92 Å². The quantitative estimate of drug-likeness (QED) is 0.847. The summed E-state index contributed by atoms with van der Waals surface area (Å²) in [5.41, 5.74) is 1.64. The maximum atomic E-state index is 12.4. The zero-order valence-corrected chi connectivity index (χ0v) is 11.7. The van der Waals surface area contributed by atoms with Gasteiger partial charge < -0.3 is 9.64 Å². The lowest BCUT2D eigenvalue weighted by Gasteiger charge is -2.20. The van der Waals surface area contributed by atoms with Crippen molar-refractivity contribution in [3.05, 3.63) is 23.8 Å². The first kappa shape index (κ1) is 13.5. The smallest absolute Gasteiger partial charge is 0.238 e. The second-order valence-electron chi connectivity index (χ2n) is 5.14. The normalized spacial score (nSPS) is 22.1. The van der Waals surface area contributed by atoms with E-state index < -0.39 is 10.0 Å². The van der Waals surface area contributed by atoms with Gasteiger partial charge in [-0.1, -0.05) is 0 Å². The fraction of sp³-hybridized carbons (Fsp3) is 0.462. The van der Waals surface area contributed by atoms with E-state index in [2.05, 4.69) is 0 Å². The molecule has 1 aromatic carbocycles. The second kappa shape index (κ2) is 4.83. The molecular weight excluding hydrogens is 280 g/mol. The molecule has 3 rings (SSSR count). The Kier molecular flexibility index (Phi) is 3.27. The summed E-state index contributed by atoms with van der Waals surface area (Å²) in [6.45, 7) is 1.68. The van der Waals surface area contributed by atoms with Crippen LogP contribution < -0.4 is 10.0 Å². The minimum Gasteiger partial charge on any atom is -0.381 e. The summed E-state index contributed by atoms with van der Waals surface area (Å²) in [4.78, 5) is 14.2. The Hall–Kier alpha value is -1.44. The SMILES string of the molecule is NS(=O)(=O)c1ccc2c(c1)CCN2C(=O)C1CCOC1. The molecule has 1 atom stereocenters. The van der Waals surface area contributed by atoms with Crippen LogP contribution in [0.25, 0.3) is 0 Å². The Bertz CT molecular complexity index is 650. The van der Waals surface area contributed by atoms with Crippen molar-refractivity contribution in [1.29, 1.82) is 0 Å². The van der Waals surface area contributed by atoms with Gasteiger partial charge >= 0.3 is 0 Å². The standard InChI is InChI=1S/C13H16N2O4S/c14-20(17,18)11-1-2-12-9(7-11)3-5-15(12)13(16)10-4-6-19-8-10/h1-2,7,10H,3-6,8H2,(H2,14,17,18). The molecule has 20 heavy (non-hydrogen) atoms. The van der Waals surface area contributed by atoms with Crippen LogP contribution >= 0.6 is 0 Å². The first-order chi connectivity index (χ1) is 9.47. The number of nitrogens with zero attached hydrogens (tertiary/aromatic N) is 1. The van der Waals surface area contributed by atoms with E-state index in [0.717, 1.165) is 17.7 Å². The van der Waals surface area contributed by atoms with Crippen LogP contribution in [0.3, 0.4) is 0 Å². The first-order valence-electron chi connectivity index (χ1n) is 6.51. The molecule has 0 saturated carbocycles. The Labute approximate surface area is 117 Å². The number of ether oxygens (including phenoxy) is 1. The highest BCUT2D eigenvalue weighted by Gasteiger charge is 2.32. The number of primary sulfonamides is 1. The van der Waals surface area contributed by atoms with Gasteiger partial charge in [0.25, 0.3) is 0 Å². The molecule has 1 amide bonds. The third kappa shape index (κ3) is 2.32. The third-order valence-corrected chi connectivity index (χ3v) is 4.73. The molecule has 2 aliphatic heterocycles. The highest BCUT2D eigenvalue weighted by atomic mass is 32.2. The minimum absolute atomic E-state index is 0.0598. The van der Waals surface area contributed by atoms with E-state index >= 15 is 0 Å². The molecule has 0 aromatic heterocycles. The van der Waals surface area contributed by atoms with Crippen LogP contribution in [0.5, 0.6) is 0 Å². The molecule has 0 bridgehead atoms. The lowest BCUT2D eigenvalue weighted by atomic mass is 10.1. The number of carbonyl (C=O) groups is 1. The molecule has 2 aliphatic rings. The van der Waals surface area contributed by atoms with Crippen molar-refractivity contribution in [2.24, 2.45) is 11.1 Å². The van der Waals surface area contributed by atoms with Gasteiger partial charge in [-0.3, -0.25) is 4.79 Å². The molecule has 2 heterocycles. The van der Waals surface area contributed by atoms with Crippen LogP contribution in [0.2, 0.25) is 0 Å². The number of hydrogen-bond acceptors (Lipinski definition) is 4. The fourth-order valence-electron chi connectivity index (χ4n) is 2.73. The molecule has 1 aromatic rings. The second-order valence-corrected chi connectivity index (χ2v) is 6.70. The molecule has 1 unspecified atom stereocenters. The van der Waals surface area contributed by atoms with Gasteiger partial charge in [-0.05, 0) is 36.6 Å². The van der Waals surface area contributed by atoms with Gasteiger partial charge in [0.15, 0.2) is 0 Å². The molecular formula is C13H16N2O4S. The molecule has 0 aliphatic carbocycles. The van der Waals surface area contributed by atoms with Crippen molar-refractivity contribution in [2.75, 3.05) is 24.7 Å². The molecule has 0 spiro atoms. The van der Waals surface area contributed by atoms with Crippen molar-refractivity contribution in [3.63, 3.8) is 0 Å². The molecule has 1 saturated heterocycles. The minimum atomic E-state index is -3.70. The molecule has 2 N–H and O–H groups in total. The monoisotopic (exact) mass is 296 g/mol. The molecule has 108 valence electrons. The van der Waals surface area contributed by atoms with Gasteiger partial charge in [-0.25, -0.2) is 13.6 Å². The van der Waals surface area contributed by atoms with Crippen LogP contribution in [-0.4, -0.2) is 34.1 Å². The van der Waals surface area contributed by atoms with Crippen LogP contribution in [0.1, 0.15) is 12.0 Å². The van der Waals surface area contributed by atoms with Gasteiger partial charge in [0.2, 0.25) is 15.9 Å². The van der Waals surface area contributed by atoms with Crippen LogP contribution in [0.15, 0.2) is 23.1 Å². The van der Waals surface area contributed by atoms with Gasteiger partial charge in [0.05, 0.1) is 17.4 Å². The predicted molar refractivity (Wildman–Crippen MR) is 72.8 cm³/mol. The van der Waals surface area contributed by atoms with Gasteiger partial charge in [0.1, 0.15) is 0 Å². The van der Waals surface area contributed by atoms with E-state index in [0.29, 0.717) is 26.2 Å². The van der Waals surface area contributed by atoms with E-state index in [4.69, 9.17) is 9.88 Å². The summed E-state index contributed by atoms with van der Waals surface area (Å²) in [6, 6.07) is 4.67. The number of sulfonamides is 1. The largest absolute Gasteiger partial charge is 0.381 e. The highest BCUT2D eigenvalue weighted by molar-refractivity contribution is 7.89. The van der Waals surface area contributed by atoms with E-state index in [-0.39, 0.29) is 16.7 Å². The third-order valence-electron chi connectivity index (χ3n) is 3.82. The van der Waals surface area contributed by atoms with Gasteiger partial charge in [-0.2, -0.15) is 0 Å². The number of fused-ring (bicyclic) bond motifs is 1. The maximum Gasteiger partial charge on any atom is 0.238 e. The number of carbonyl (C=O) groups excluding carboxylic acids is 1. The zero-order chi connectivity index (χ0) is 14.3. The lowest BCUT2D eigenvalue weighted by molar-refractivity contribution is -0.122. The van der Waals surface area contributed by atoms with E-state index in [1.54, 1.807) is 17.0 Å². The van der Waals surface area contributed by atoms with E-state index in [1.807, 2.05) is 0 Å². The Balaban J connectivity index is 1.89. The van der Waals surface area contributed by atoms with Crippen molar-refractivity contribution in [3.8, 4) is 0 Å². The molecule has 7 heteroatoms. The summed E-state index contributed by atoms with van der Waals surface area (Å²) >= 11 is 0. The average molecular weight is 296 g/mol. The molecule has 6 nitrogen and oxygen atoms in total. The van der Waals surface area contributed by atoms with Crippen molar-refractivity contribution < 1.29 is 17.9 Å². The van der Waals surface area contributed by atoms with Gasteiger partial charge in [-0.15, -0.1) is 0 Å². The summed E-state index contributed by atoms with van der Waals surface area (Å²) in [5.74, 6) is -0.0246. The highest BCUT2D eigenvalue weighted by Crippen LogP contribution is 2.32. The summed E-state index contributed by atoms with van der Waals surface area (Å²) in [6.07, 6.45) is 1.40. The Morgan fingerprint density at radius 2 is 2.20 bits per heavy atom. The number of hydrogen-bond donors (Lipinski definition) is 1. The van der Waals surface area contributed by atoms with Crippen molar-refractivity contribution in [2.45, 2.75) is 17.7 Å². The molecule has 1 fully saturated rings. The first-order valence-corrected chi connectivity index (χ1v) is 8.06. The van der Waals surface area contributed by atoms with Crippen molar-refractivity contribution in [1.82, 2.24) is 0 Å². The lowest BCUT2D eigenvalue weighted by Crippen LogP contribution is -2.35. The van der Waals surface area contributed by atoms with Crippen LogP contribution in [0.4, 0.5) is 5.69 Å². The number of rotatable bonds is 2. The Morgan fingerprint density at radius 3 is 2.85 bits per heavy atom. The van der Waals surface area contributed by atoms with Crippen molar-refractivity contribution >= 4 is 21.6 Å². The number of benzene rings is 1. The molecule has 0 radical (unpaired) electrons. The predicted octanol–water partition coefficient (Wildman–Crippen LogP) is 0.260. The summed E-state index contributed by atoms with van der Waals surface area (Å²) in [5, 5.41) is 5.12. The fourth-order valence-corrected chi connectivity index (χ4v) is 3.30. The zero-order valence-electron chi connectivity index (χ0n) is 10.9. The maximum absolute atomic E-state index is 12.4.